The first-order valence-corrected chi connectivity index (χ1v) is 14.3. The average molecular weight is 513 g/mol. The highest BCUT2D eigenvalue weighted by atomic mass is 32.2. The van der Waals surface area contributed by atoms with Gasteiger partial charge in [0.25, 0.3) is 5.95 Å². The first kappa shape index (κ1) is 23.7. The fraction of sp³-hybridized carbons (Fsp3) is 0.417. The van der Waals surface area contributed by atoms with Gasteiger partial charge in [0.1, 0.15) is 12.1 Å². The molecule has 9 nitrogen and oxygen atoms in total. The smallest absolute Gasteiger partial charge is 0.266 e. The highest BCUT2D eigenvalue weighted by Gasteiger charge is 2.27. The molecule has 3 aromatic heterocycles. The van der Waals surface area contributed by atoms with E-state index in [0.29, 0.717) is 22.8 Å². The number of fused-ring (bicyclic) bond motifs is 1. The Morgan fingerprint density at radius 2 is 1.86 bits per heavy atom. The normalized spacial score (nSPS) is 15.3. The van der Waals surface area contributed by atoms with Crippen LogP contribution in [-0.4, -0.2) is 61.0 Å². The van der Waals surface area contributed by atoms with Gasteiger partial charge < -0.3 is 14.3 Å². The number of piperidine rings is 1. The lowest BCUT2D eigenvalue weighted by Gasteiger charge is -2.36. The number of sulfone groups is 1. The summed E-state index contributed by atoms with van der Waals surface area (Å²) >= 11 is 1.61. The third kappa shape index (κ3) is 4.62. The van der Waals surface area contributed by atoms with E-state index in [1.54, 1.807) is 29.8 Å². The molecule has 11 heteroatoms. The minimum Gasteiger partial charge on any atom is -0.355 e. The van der Waals surface area contributed by atoms with E-state index in [4.69, 9.17) is 4.52 Å². The van der Waals surface area contributed by atoms with Gasteiger partial charge in [0.2, 0.25) is 5.89 Å². The number of anilines is 2. The summed E-state index contributed by atoms with van der Waals surface area (Å²) in [7, 11) is -1.14. The summed E-state index contributed by atoms with van der Waals surface area (Å²) in [5.74, 6) is 2.47. The van der Waals surface area contributed by atoms with Crippen LogP contribution < -0.4 is 9.80 Å². The molecule has 5 rings (SSSR count). The van der Waals surface area contributed by atoms with Crippen molar-refractivity contribution in [3.63, 3.8) is 0 Å². The van der Waals surface area contributed by atoms with Crippen LogP contribution >= 0.6 is 11.3 Å². The van der Waals surface area contributed by atoms with E-state index in [-0.39, 0.29) is 5.92 Å². The highest BCUT2D eigenvalue weighted by Crippen LogP contribution is 2.38. The molecule has 1 aromatic carbocycles. The van der Waals surface area contributed by atoms with Gasteiger partial charge >= 0.3 is 0 Å². The fourth-order valence-corrected chi connectivity index (χ4v) is 6.08. The maximum Gasteiger partial charge on any atom is 0.266 e. The van der Waals surface area contributed by atoms with Gasteiger partial charge in [-0.1, -0.05) is 26.0 Å². The summed E-state index contributed by atoms with van der Waals surface area (Å²) in [6.45, 7) is 5.79. The van der Waals surface area contributed by atoms with Gasteiger partial charge in [0.05, 0.1) is 15.1 Å². The topological polar surface area (TPSA) is 105 Å². The molecule has 184 valence electrons. The first-order chi connectivity index (χ1) is 16.7. The molecule has 1 aliphatic heterocycles. The molecule has 0 spiro atoms. The summed E-state index contributed by atoms with van der Waals surface area (Å²) in [6.07, 6.45) is 4.74. The van der Waals surface area contributed by atoms with E-state index < -0.39 is 9.84 Å². The second-order valence-corrected chi connectivity index (χ2v) is 12.1. The van der Waals surface area contributed by atoms with Gasteiger partial charge in [-0.2, -0.15) is 4.98 Å². The van der Waals surface area contributed by atoms with E-state index in [2.05, 4.69) is 42.3 Å². The van der Waals surface area contributed by atoms with Crippen LogP contribution in [0.2, 0.25) is 0 Å². The van der Waals surface area contributed by atoms with Gasteiger partial charge in [-0.3, -0.25) is 0 Å². The van der Waals surface area contributed by atoms with Crippen LogP contribution in [0.5, 0.6) is 0 Å². The van der Waals surface area contributed by atoms with Crippen molar-refractivity contribution in [2.24, 2.45) is 0 Å². The van der Waals surface area contributed by atoms with Crippen LogP contribution in [0, 0.1) is 0 Å². The van der Waals surface area contributed by atoms with Gasteiger partial charge in [-0.05, 0) is 35.7 Å². The zero-order valence-corrected chi connectivity index (χ0v) is 21.8. The predicted octanol–water partition coefficient (Wildman–Crippen LogP) is 4.37. The number of hydrogen-bond acceptors (Lipinski definition) is 10. The Balaban J connectivity index is 1.34. The third-order valence-electron chi connectivity index (χ3n) is 6.48. The highest BCUT2D eigenvalue weighted by molar-refractivity contribution is 7.90. The van der Waals surface area contributed by atoms with E-state index >= 15 is 0 Å². The van der Waals surface area contributed by atoms with E-state index in [1.807, 2.05) is 26.0 Å². The van der Waals surface area contributed by atoms with Crippen molar-refractivity contribution in [3.05, 3.63) is 41.9 Å². The molecule has 1 aliphatic rings. The van der Waals surface area contributed by atoms with Crippen molar-refractivity contribution in [3.8, 4) is 11.1 Å². The molecule has 4 aromatic rings. The largest absolute Gasteiger partial charge is 0.355 e. The fourth-order valence-electron chi connectivity index (χ4n) is 4.39. The van der Waals surface area contributed by atoms with E-state index in [0.717, 1.165) is 53.1 Å². The molecule has 1 saturated heterocycles. The molecule has 0 aliphatic carbocycles. The van der Waals surface area contributed by atoms with Crippen LogP contribution in [-0.2, 0) is 9.84 Å². The monoisotopic (exact) mass is 512 g/mol. The quantitative estimate of drug-likeness (QED) is 0.372. The lowest BCUT2D eigenvalue weighted by Crippen LogP contribution is -2.44. The second-order valence-electron chi connectivity index (χ2n) is 9.24. The molecular formula is C24H28N6O3S2. The number of aromatic nitrogens is 4. The zero-order valence-electron chi connectivity index (χ0n) is 20.2. The van der Waals surface area contributed by atoms with Crippen LogP contribution in [0.4, 0.5) is 11.8 Å². The molecule has 0 unspecified atom stereocenters. The van der Waals surface area contributed by atoms with Crippen molar-refractivity contribution in [2.45, 2.75) is 43.5 Å². The zero-order chi connectivity index (χ0) is 24.7. The molecule has 0 atom stereocenters. The maximum absolute atomic E-state index is 11.8. The van der Waals surface area contributed by atoms with Crippen molar-refractivity contribution < 1.29 is 12.9 Å². The van der Waals surface area contributed by atoms with Crippen LogP contribution in [0.1, 0.15) is 38.5 Å². The van der Waals surface area contributed by atoms with Crippen LogP contribution in [0.3, 0.4) is 0 Å². The molecule has 4 heterocycles. The number of hydrogen-bond donors (Lipinski definition) is 0. The number of rotatable bonds is 6. The average Bonchev–Trinajstić information content (AvgIpc) is 3.51. The Kier molecular flexibility index (Phi) is 6.22. The van der Waals surface area contributed by atoms with Gasteiger partial charge in [-0.15, -0.1) is 11.3 Å². The molecule has 0 radical (unpaired) electrons. The molecular weight excluding hydrogens is 484 g/mol. The van der Waals surface area contributed by atoms with Gasteiger partial charge in [-0.25, -0.2) is 18.4 Å². The van der Waals surface area contributed by atoms with Crippen molar-refractivity contribution in [1.29, 1.82) is 0 Å². The number of thiophene rings is 1. The Hall–Kier alpha value is -3.05. The minimum absolute atomic E-state index is 0.216. The Labute approximate surface area is 208 Å². The standard InChI is InChI=1S/C24H28N6O3S2/c1-15(2)23-27-24(28-33-23)30-11-9-17(10-12-30)29(3)22-21-20(25-14-26-22)19(13-34-21)16-5-7-18(8-6-16)35(4,31)32/h5-8,13-15,17H,9-12H2,1-4H3. The molecule has 0 saturated carbocycles. The predicted molar refractivity (Wildman–Crippen MR) is 138 cm³/mol. The second kappa shape index (κ2) is 9.19. The Bertz CT molecular complexity index is 1440. The molecule has 1 fully saturated rings. The lowest BCUT2D eigenvalue weighted by molar-refractivity contribution is 0.363. The molecule has 0 N–H and O–H groups in total. The molecule has 35 heavy (non-hydrogen) atoms. The van der Waals surface area contributed by atoms with Gasteiger partial charge in [0.15, 0.2) is 9.84 Å². The van der Waals surface area contributed by atoms with E-state index in [1.165, 1.54) is 6.26 Å². The maximum atomic E-state index is 11.8. The van der Waals surface area contributed by atoms with Crippen LogP contribution in [0.15, 0.2) is 45.4 Å². The lowest BCUT2D eigenvalue weighted by atomic mass is 10.0. The minimum atomic E-state index is -3.23. The summed E-state index contributed by atoms with van der Waals surface area (Å²) in [6, 6.07) is 7.29. The molecule has 0 bridgehead atoms. The first-order valence-electron chi connectivity index (χ1n) is 11.6. The SMILES string of the molecule is CC(C)c1nc(N2CCC(N(C)c3ncnc4c(-c5ccc(S(C)(=O)=O)cc5)csc34)CC2)no1. The Morgan fingerprint density at radius 3 is 2.49 bits per heavy atom. The van der Waals surface area contributed by atoms with Crippen molar-refractivity contribution in [2.75, 3.05) is 36.2 Å². The summed E-state index contributed by atoms with van der Waals surface area (Å²) < 4.78 is 30.0. The third-order valence-corrected chi connectivity index (χ3v) is 8.58. The number of benzene rings is 1. The summed E-state index contributed by atoms with van der Waals surface area (Å²) in [4.78, 5) is 18.5. The van der Waals surface area contributed by atoms with E-state index in [9.17, 15) is 8.42 Å². The van der Waals surface area contributed by atoms with Crippen molar-refractivity contribution in [1.82, 2.24) is 20.1 Å². The summed E-state index contributed by atoms with van der Waals surface area (Å²) in [5, 5.41) is 6.22. The summed E-state index contributed by atoms with van der Waals surface area (Å²) in [5.41, 5.74) is 2.80. The van der Waals surface area contributed by atoms with Crippen molar-refractivity contribution >= 4 is 43.2 Å². The Morgan fingerprint density at radius 1 is 1.14 bits per heavy atom. The van der Waals surface area contributed by atoms with Gasteiger partial charge in [0, 0.05) is 49.3 Å². The molecule has 0 amide bonds. The van der Waals surface area contributed by atoms with Crippen LogP contribution in [0.25, 0.3) is 21.3 Å². The number of nitrogens with zero attached hydrogens (tertiary/aromatic N) is 6.